The van der Waals surface area contributed by atoms with E-state index in [9.17, 15) is 0 Å². The summed E-state index contributed by atoms with van der Waals surface area (Å²) >= 11 is 0. The van der Waals surface area contributed by atoms with E-state index in [2.05, 4.69) is 62.0 Å². The normalized spacial score (nSPS) is 19.5. The number of guanidine groups is 1. The van der Waals surface area contributed by atoms with E-state index in [-0.39, 0.29) is 29.5 Å². The molecule has 0 aliphatic carbocycles. The third-order valence-electron chi connectivity index (χ3n) is 3.83. The van der Waals surface area contributed by atoms with Crippen molar-refractivity contribution in [3.05, 3.63) is 0 Å². The molecule has 1 aliphatic rings. The molecule has 0 spiro atoms. The van der Waals surface area contributed by atoms with Gasteiger partial charge < -0.3 is 15.5 Å². The molecule has 6 heteroatoms. The lowest BCUT2D eigenvalue weighted by molar-refractivity contribution is 0.109. The largest absolute Gasteiger partial charge is 0.357 e. The zero-order valence-electron chi connectivity index (χ0n) is 15.3. The summed E-state index contributed by atoms with van der Waals surface area (Å²) in [5, 5.41) is 6.77. The van der Waals surface area contributed by atoms with Gasteiger partial charge in [-0.3, -0.25) is 9.89 Å². The third-order valence-corrected chi connectivity index (χ3v) is 3.83. The maximum absolute atomic E-state index is 4.75. The Bertz CT molecular complexity index is 319. The van der Waals surface area contributed by atoms with Crippen molar-refractivity contribution in [3.8, 4) is 0 Å². The quantitative estimate of drug-likeness (QED) is 0.402. The highest BCUT2D eigenvalue weighted by Gasteiger charge is 2.20. The number of hydrogen-bond donors (Lipinski definition) is 2. The molecule has 0 amide bonds. The van der Waals surface area contributed by atoms with Gasteiger partial charge in [-0.15, -0.1) is 24.0 Å². The Morgan fingerprint density at radius 3 is 2.18 bits per heavy atom. The van der Waals surface area contributed by atoms with Crippen molar-refractivity contribution in [2.75, 3.05) is 45.8 Å². The lowest BCUT2D eigenvalue weighted by Gasteiger charge is -2.37. The van der Waals surface area contributed by atoms with Gasteiger partial charge in [0.15, 0.2) is 5.96 Å². The lowest BCUT2D eigenvalue weighted by Crippen LogP contribution is -2.51. The van der Waals surface area contributed by atoms with Gasteiger partial charge in [0.2, 0.25) is 0 Å². The molecule has 1 saturated heterocycles. The van der Waals surface area contributed by atoms with Crippen LogP contribution in [-0.4, -0.2) is 73.2 Å². The Morgan fingerprint density at radius 2 is 1.73 bits per heavy atom. The van der Waals surface area contributed by atoms with Gasteiger partial charge in [0, 0.05) is 44.3 Å². The van der Waals surface area contributed by atoms with E-state index >= 15 is 0 Å². The van der Waals surface area contributed by atoms with E-state index in [1.165, 1.54) is 19.6 Å². The van der Waals surface area contributed by atoms with Crippen LogP contribution in [-0.2, 0) is 0 Å². The van der Waals surface area contributed by atoms with Gasteiger partial charge in [-0.05, 0) is 41.2 Å². The molecular formula is C16H36IN5. The monoisotopic (exact) mass is 425 g/mol. The van der Waals surface area contributed by atoms with Crippen LogP contribution in [0.3, 0.4) is 0 Å². The van der Waals surface area contributed by atoms with Crippen molar-refractivity contribution in [3.63, 3.8) is 0 Å². The van der Waals surface area contributed by atoms with Crippen LogP contribution in [0.2, 0.25) is 0 Å². The summed E-state index contributed by atoms with van der Waals surface area (Å²) in [6.45, 7) is 20.7. The molecule has 1 heterocycles. The first kappa shape index (κ1) is 21.9. The minimum absolute atomic E-state index is 0. The van der Waals surface area contributed by atoms with Crippen LogP contribution < -0.4 is 10.6 Å². The Balaban J connectivity index is 0.00000441. The number of piperazine rings is 1. The van der Waals surface area contributed by atoms with Crippen LogP contribution in [0.1, 0.15) is 41.5 Å². The Hall–Kier alpha value is -0.0800. The number of aliphatic imine (C=N–C) groups is 1. The highest BCUT2D eigenvalue weighted by Crippen LogP contribution is 2.06. The third kappa shape index (κ3) is 8.53. The average Bonchev–Trinajstić information content (AvgIpc) is 2.43. The predicted molar refractivity (Wildman–Crippen MR) is 107 cm³/mol. The zero-order chi connectivity index (χ0) is 15.9. The summed E-state index contributed by atoms with van der Waals surface area (Å²) in [6.07, 6.45) is 0. The molecule has 22 heavy (non-hydrogen) atoms. The smallest absolute Gasteiger partial charge is 0.191 e. The average molecular weight is 425 g/mol. The second-order valence-corrected chi connectivity index (χ2v) is 6.91. The van der Waals surface area contributed by atoms with E-state index in [1.807, 2.05) is 0 Å². The Kier molecular flexibility index (Phi) is 10.6. The SMILES string of the molecule is CCNC(=NCC(C)N1CCN(CC)CC1)NC(C)(C)C.I. The van der Waals surface area contributed by atoms with Gasteiger partial charge >= 0.3 is 0 Å². The maximum Gasteiger partial charge on any atom is 0.191 e. The van der Waals surface area contributed by atoms with Gasteiger partial charge in [0.25, 0.3) is 0 Å². The molecule has 0 radical (unpaired) electrons. The minimum Gasteiger partial charge on any atom is -0.357 e. The van der Waals surface area contributed by atoms with Gasteiger partial charge in [0.05, 0.1) is 6.54 Å². The van der Waals surface area contributed by atoms with Crippen molar-refractivity contribution in [1.82, 2.24) is 20.4 Å². The number of hydrogen-bond acceptors (Lipinski definition) is 3. The molecule has 2 N–H and O–H groups in total. The molecule has 1 aliphatic heterocycles. The molecule has 0 bridgehead atoms. The number of halogens is 1. The van der Waals surface area contributed by atoms with E-state index in [1.54, 1.807) is 0 Å². The van der Waals surface area contributed by atoms with Crippen LogP contribution in [0.15, 0.2) is 4.99 Å². The summed E-state index contributed by atoms with van der Waals surface area (Å²) < 4.78 is 0. The number of likely N-dealkylation sites (N-methyl/N-ethyl adjacent to an activating group) is 1. The fourth-order valence-corrected chi connectivity index (χ4v) is 2.52. The minimum atomic E-state index is 0. The van der Waals surface area contributed by atoms with Crippen molar-refractivity contribution in [2.45, 2.75) is 53.1 Å². The second kappa shape index (κ2) is 10.6. The van der Waals surface area contributed by atoms with Gasteiger partial charge in [-0.1, -0.05) is 6.92 Å². The summed E-state index contributed by atoms with van der Waals surface area (Å²) in [6, 6.07) is 0.499. The molecule has 1 unspecified atom stereocenters. The van der Waals surface area contributed by atoms with E-state index < -0.39 is 0 Å². The Morgan fingerprint density at radius 1 is 1.14 bits per heavy atom. The van der Waals surface area contributed by atoms with E-state index in [0.29, 0.717) is 6.04 Å². The maximum atomic E-state index is 4.75. The number of rotatable bonds is 5. The number of nitrogens with zero attached hydrogens (tertiary/aromatic N) is 3. The van der Waals surface area contributed by atoms with Crippen LogP contribution in [0, 0.1) is 0 Å². The first-order valence-electron chi connectivity index (χ1n) is 8.38. The highest BCUT2D eigenvalue weighted by molar-refractivity contribution is 14.0. The second-order valence-electron chi connectivity index (χ2n) is 6.91. The summed E-state index contributed by atoms with van der Waals surface area (Å²) in [4.78, 5) is 9.82. The molecule has 5 nitrogen and oxygen atoms in total. The van der Waals surface area contributed by atoms with E-state index in [0.717, 1.165) is 32.1 Å². The molecule has 0 saturated carbocycles. The molecule has 1 rings (SSSR count). The summed E-state index contributed by atoms with van der Waals surface area (Å²) in [5.41, 5.74) is 0.0387. The lowest BCUT2D eigenvalue weighted by atomic mass is 10.1. The summed E-state index contributed by atoms with van der Waals surface area (Å²) in [7, 11) is 0. The molecular weight excluding hydrogens is 389 g/mol. The van der Waals surface area contributed by atoms with Crippen molar-refractivity contribution in [1.29, 1.82) is 0 Å². The van der Waals surface area contributed by atoms with E-state index in [4.69, 9.17) is 4.99 Å². The fraction of sp³-hybridized carbons (Fsp3) is 0.938. The standard InChI is InChI=1S/C16H35N5.HI/c1-7-17-15(19-16(4,5)6)18-13-14(3)21-11-9-20(8-2)10-12-21;/h14H,7-13H2,1-6H3,(H2,17,18,19);1H. The number of nitrogens with one attached hydrogen (secondary N) is 2. The first-order valence-corrected chi connectivity index (χ1v) is 8.38. The molecule has 0 aromatic heterocycles. The molecule has 0 aromatic carbocycles. The zero-order valence-corrected chi connectivity index (χ0v) is 17.6. The van der Waals surface area contributed by atoms with Crippen LogP contribution in [0.4, 0.5) is 0 Å². The topological polar surface area (TPSA) is 42.9 Å². The van der Waals surface area contributed by atoms with Crippen molar-refractivity contribution < 1.29 is 0 Å². The molecule has 0 aromatic rings. The molecule has 132 valence electrons. The van der Waals surface area contributed by atoms with Gasteiger partial charge in [-0.25, -0.2) is 0 Å². The van der Waals surface area contributed by atoms with Crippen molar-refractivity contribution in [2.24, 2.45) is 4.99 Å². The Labute approximate surface area is 154 Å². The highest BCUT2D eigenvalue weighted by atomic mass is 127. The fourth-order valence-electron chi connectivity index (χ4n) is 2.52. The summed E-state index contributed by atoms with van der Waals surface area (Å²) in [5.74, 6) is 0.920. The molecule has 1 fully saturated rings. The van der Waals surface area contributed by atoms with Crippen LogP contribution in [0.5, 0.6) is 0 Å². The first-order chi connectivity index (χ1) is 9.85. The molecule has 1 atom stereocenters. The van der Waals surface area contributed by atoms with Crippen LogP contribution >= 0.6 is 24.0 Å². The predicted octanol–water partition coefficient (Wildman–Crippen LogP) is 1.98. The van der Waals surface area contributed by atoms with Gasteiger partial charge in [-0.2, -0.15) is 0 Å². The van der Waals surface area contributed by atoms with Crippen molar-refractivity contribution >= 4 is 29.9 Å². The van der Waals surface area contributed by atoms with Gasteiger partial charge in [0.1, 0.15) is 0 Å². The van der Waals surface area contributed by atoms with Crippen LogP contribution in [0.25, 0.3) is 0 Å².